The van der Waals surface area contributed by atoms with Crippen LogP contribution >= 0.6 is 0 Å². The molecule has 3 atom stereocenters. The van der Waals surface area contributed by atoms with Crippen LogP contribution in [0.4, 0.5) is 0 Å². The number of rotatable bonds is 3. The highest BCUT2D eigenvalue weighted by molar-refractivity contribution is 5.55. The molecular weight excluding hydrogens is 140 g/mol. The van der Waals surface area contributed by atoms with Crippen molar-refractivity contribution in [2.24, 2.45) is 17.8 Å². The second-order valence-electron chi connectivity index (χ2n) is 3.54. The van der Waals surface area contributed by atoms with E-state index in [1.807, 2.05) is 0 Å². The predicted octanol–water partition coefficient (Wildman–Crippen LogP) is 1.23. The molecule has 1 N–H and O–H groups in total. The third kappa shape index (κ3) is 1.80. The van der Waals surface area contributed by atoms with Crippen LogP contribution in [0.15, 0.2) is 0 Å². The highest BCUT2D eigenvalue weighted by atomic mass is 16.3. The molecule has 1 aliphatic carbocycles. The summed E-state index contributed by atoms with van der Waals surface area (Å²) < 4.78 is 0. The first kappa shape index (κ1) is 8.72. The molecule has 11 heavy (non-hydrogen) atoms. The quantitative estimate of drug-likeness (QED) is 0.624. The van der Waals surface area contributed by atoms with Gasteiger partial charge in [0.2, 0.25) is 0 Å². The van der Waals surface area contributed by atoms with Crippen molar-refractivity contribution in [3.63, 3.8) is 0 Å². The van der Waals surface area contributed by atoms with Gasteiger partial charge in [-0.05, 0) is 31.1 Å². The molecule has 0 amide bonds. The SMILES string of the molecule is CC1CCC(CCO)C1C=O. The van der Waals surface area contributed by atoms with E-state index in [9.17, 15) is 4.79 Å². The van der Waals surface area contributed by atoms with Gasteiger partial charge in [0.1, 0.15) is 6.29 Å². The Morgan fingerprint density at radius 1 is 1.55 bits per heavy atom. The second-order valence-corrected chi connectivity index (χ2v) is 3.54. The first-order valence-electron chi connectivity index (χ1n) is 4.35. The van der Waals surface area contributed by atoms with Gasteiger partial charge in [0, 0.05) is 12.5 Å². The number of hydrogen-bond acceptors (Lipinski definition) is 2. The topological polar surface area (TPSA) is 37.3 Å². The van der Waals surface area contributed by atoms with E-state index in [0.717, 1.165) is 25.5 Å². The molecule has 2 heteroatoms. The van der Waals surface area contributed by atoms with E-state index in [2.05, 4.69) is 6.92 Å². The molecule has 0 aromatic rings. The molecule has 0 aliphatic heterocycles. The van der Waals surface area contributed by atoms with Gasteiger partial charge in [-0.15, -0.1) is 0 Å². The number of carbonyl (C=O) groups is 1. The minimum atomic E-state index is 0.210. The number of carbonyl (C=O) groups excluding carboxylic acids is 1. The molecule has 1 fully saturated rings. The summed E-state index contributed by atoms with van der Waals surface area (Å²) in [6, 6.07) is 0. The molecular formula is C9H16O2. The number of hydrogen-bond donors (Lipinski definition) is 1. The van der Waals surface area contributed by atoms with Crippen molar-refractivity contribution in [3.05, 3.63) is 0 Å². The van der Waals surface area contributed by atoms with E-state index in [4.69, 9.17) is 5.11 Å². The van der Waals surface area contributed by atoms with Crippen LogP contribution in [0.1, 0.15) is 26.2 Å². The van der Waals surface area contributed by atoms with Gasteiger partial charge in [-0.25, -0.2) is 0 Å². The van der Waals surface area contributed by atoms with Gasteiger partial charge < -0.3 is 9.90 Å². The van der Waals surface area contributed by atoms with Gasteiger partial charge in [-0.2, -0.15) is 0 Å². The molecule has 1 aliphatic rings. The fourth-order valence-electron chi connectivity index (χ4n) is 2.07. The Labute approximate surface area is 67.6 Å². The minimum Gasteiger partial charge on any atom is -0.396 e. The van der Waals surface area contributed by atoms with Crippen LogP contribution in [0.25, 0.3) is 0 Å². The van der Waals surface area contributed by atoms with Crippen LogP contribution in [0.2, 0.25) is 0 Å². The van der Waals surface area contributed by atoms with Crippen molar-refractivity contribution in [1.29, 1.82) is 0 Å². The summed E-state index contributed by atoms with van der Waals surface area (Å²) in [7, 11) is 0. The van der Waals surface area contributed by atoms with Crippen molar-refractivity contribution in [3.8, 4) is 0 Å². The van der Waals surface area contributed by atoms with Crippen molar-refractivity contribution in [2.45, 2.75) is 26.2 Å². The first-order chi connectivity index (χ1) is 5.29. The normalized spacial score (nSPS) is 37.5. The van der Waals surface area contributed by atoms with Crippen LogP contribution in [0, 0.1) is 17.8 Å². The first-order valence-corrected chi connectivity index (χ1v) is 4.35. The smallest absolute Gasteiger partial charge is 0.123 e. The summed E-state index contributed by atoms with van der Waals surface area (Å²) in [5.74, 6) is 1.19. The zero-order valence-corrected chi connectivity index (χ0v) is 6.99. The number of aldehydes is 1. The van der Waals surface area contributed by atoms with Gasteiger partial charge in [0.05, 0.1) is 0 Å². The fraction of sp³-hybridized carbons (Fsp3) is 0.889. The molecule has 0 saturated heterocycles. The summed E-state index contributed by atoms with van der Waals surface area (Å²) in [5.41, 5.74) is 0. The average Bonchev–Trinajstić information content (AvgIpc) is 2.33. The lowest BCUT2D eigenvalue weighted by Gasteiger charge is -2.14. The summed E-state index contributed by atoms with van der Waals surface area (Å²) in [4.78, 5) is 10.6. The highest BCUT2D eigenvalue weighted by Gasteiger charge is 2.32. The predicted molar refractivity (Wildman–Crippen MR) is 43.1 cm³/mol. The third-order valence-corrected chi connectivity index (χ3v) is 2.85. The summed E-state index contributed by atoms with van der Waals surface area (Å²) in [6.45, 7) is 2.35. The summed E-state index contributed by atoms with van der Waals surface area (Å²) in [6.07, 6.45) is 4.13. The van der Waals surface area contributed by atoms with E-state index >= 15 is 0 Å². The van der Waals surface area contributed by atoms with E-state index in [-0.39, 0.29) is 12.5 Å². The maximum atomic E-state index is 10.6. The lowest BCUT2D eigenvalue weighted by Crippen LogP contribution is -2.15. The summed E-state index contributed by atoms with van der Waals surface area (Å²) in [5, 5.41) is 8.71. The van der Waals surface area contributed by atoms with Crippen molar-refractivity contribution in [1.82, 2.24) is 0 Å². The molecule has 0 radical (unpaired) electrons. The van der Waals surface area contributed by atoms with Gasteiger partial charge in [-0.1, -0.05) is 6.92 Å². The molecule has 1 rings (SSSR count). The van der Waals surface area contributed by atoms with Crippen LogP contribution in [0.3, 0.4) is 0 Å². The lowest BCUT2D eigenvalue weighted by molar-refractivity contribution is -0.113. The van der Waals surface area contributed by atoms with Crippen molar-refractivity contribution >= 4 is 6.29 Å². The van der Waals surface area contributed by atoms with Crippen LogP contribution in [0.5, 0.6) is 0 Å². The highest BCUT2D eigenvalue weighted by Crippen LogP contribution is 2.37. The van der Waals surface area contributed by atoms with Crippen molar-refractivity contribution < 1.29 is 9.90 Å². The second kappa shape index (κ2) is 3.86. The minimum absolute atomic E-state index is 0.210. The van der Waals surface area contributed by atoms with Gasteiger partial charge in [-0.3, -0.25) is 0 Å². The average molecular weight is 156 g/mol. The standard InChI is InChI=1S/C9H16O2/c1-7-2-3-8(4-5-10)9(7)6-11/h6-10H,2-5H2,1H3. The van der Waals surface area contributed by atoms with E-state index in [1.54, 1.807) is 0 Å². The maximum absolute atomic E-state index is 10.6. The maximum Gasteiger partial charge on any atom is 0.123 e. The molecule has 64 valence electrons. The summed E-state index contributed by atoms with van der Waals surface area (Å²) >= 11 is 0. The van der Waals surface area contributed by atoms with Gasteiger partial charge >= 0.3 is 0 Å². The van der Waals surface area contributed by atoms with Crippen LogP contribution < -0.4 is 0 Å². The van der Waals surface area contributed by atoms with E-state index in [1.165, 1.54) is 0 Å². The molecule has 1 saturated carbocycles. The van der Waals surface area contributed by atoms with Gasteiger partial charge in [0.15, 0.2) is 0 Å². The lowest BCUT2D eigenvalue weighted by atomic mass is 9.90. The Hall–Kier alpha value is -0.370. The zero-order chi connectivity index (χ0) is 8.27. The molecule has 0 aromatic heterocycles. The molecule has 0 bridgehead atoms. The van der Waals surface area contributed by atoms with Crippen molar-refractivity contribution in [2.75, 3.05) is 6.61 Å². The third-order valence-electron chi connectivity index (χ3n) is 2.85. The molecule has 0 aromatic carbocycles. The van der Waals surface area contributed by atoms with Crippen LogP contribution in [-0.4, -0.2) is 18.0 Å². The number of aliphatic hydroxyl groups is 1. The Morgan fingerprint density at radius 3 is 2.82 bits per heavy atom. The molecule has 2 nitrogen and oxygen atoms in total. The molecule has 0 spiro atoms. The molecule has 0 heterocycles. The Kier molecular flexibility index (Phi) is 3.06. The Morgan fingerprint density at radius 2 is 2.27 bits per heavy atom. The van der Waals surface area contributed by atoms with E-state index in [0.29, 0.717) is 11.8 Å². The van der Waals surface area contributed by atoms with Crippen LogP contribution in [-0.2, 0) is 4.79 Å². The zero-order valence-electron chi connectivity index (χ0n) is 6.99. The Balaban J connectivity index is 2.46. The monoisotopic (exact) mass is 156 g/mol. The Bertz CT molecular complexity index is 132. The number of aliphatic hydroxyl groups excluding tert-OH is 1. The molecule has 3 unspecified atom stereocenters. The van der Waals surface area contributed by atoms with E-state index < -0.39 is 0 Å². The van der Waals surface area contributed by atoms with Gasteiger partial charge in [0.25, 0.3) is 0 Å². The largest absolute Gasteiger partial charge is 0.396 e. The fourth-order valence-corrected chi connectivity index (χ4v) is 2.07.